The van der Waals surface area contributed by atoms with Crippen molar-refractivity contribution in [1.29, 1.82) is 0 Å². The molecule has 1 heterocycles. The van der Waals surface area contributed by atoms with Gasteiger partial charge < -0.3 is 9.88 Å². The smallest absolute Gasteiger partial charge is 0.122 e. The van der Waals surface area contributed by atoms with Gasteiger partial charge in [-0.3, -0.25) is 0 Å². The molecule has 0 spiro atoms. The van der Waals surface area contributed by atoms with Crippen LogP contribution in [0.15, 0.2) is 12.4 Å². The van der Waals surface area contributed by atoms with Gasteiger partial charge in [-0.05, 0) is 24.3 Å². The van der Waals surface area contributed by atoms with E-state index in [2.05, 4.69) is 42.6 Å². The van der Waals surface area contributed by atoms with E-state index < -0.39 is 0 Å². The highest BCUT2D eigenvalue weighted by atomic mass is 15.1. The third kappa shape index (κ3) is 3.63. The summed E-state index contributed by atoms with van der Waals surface area (Å²) in [6.45, 7) is 11.1. The number of nitrogens with one attached hydrogen (secondary N) is 1. The minimum atomic E-state index is 0.730. The largest absolute Gasteiger partial charge is 0.337 e. The standard InChI is InChI=1S/C13H25N3/c1-10(2)12(11(3)4)8-14-9-13-15-6-7-16(13)5/h6-7,10-12,14H,8-9H2,1-5H3. The van der Waals surface area contributed by atoms with E-state index >= 15 is 0 Å². The molecule has 0 unspecified atom stereocenters. The normalized spacial score (nSPS) is 12.0. The number of hydrogen-bond donors (Lipinski definition) is 1. The molecule has 0 fully saturated rings. The van der Waals surface area contributed by atoms with E-state index in [0.717, 1.165) is 36.7 Å². The fourth-order valence-corrected chi connectivity index (χ4v) is 2.16. The van der Waals surface area contributed by atoms with Crippen molar-refractivity contribution >= 4 is 0 Å². The van der Waals surface area contributed by atoms with Crippen molar-refractivity contribution in [3.63, 3.8) is 0 Å². The van der Waals surface area contributed by atoms with E-state index in [1.807, 2.05) is 19.4 Å². The van der Waals surface area contributed by atoms with Gasteiger partial charge in [0.2, 0.25) is 0 Å². The van der Waals surface area contributed by atoms with Gasteiger partial charge in [-0.1, -0.05) is 27.7 Å². The molecule has 1 rings (SSSR count). The van der Waals surface area contributed by atoms with E-state index in [1.165, 1.54) is 0 Å². The Hall–Kier alpha value is -0.830. The molecular weight excluding hydrogens is 198 g/mol. The van der Waals surface area contributed by atoms with E-state index in [1.54, 1.807) is 0 Å². The molecule has 0 saturated carbocycles. The lowest BCUT2D eigenvalue weighted by atomic mass is 9.85. The predicted octanol–water partition coefficient (Wildman–Crippen LogP) is 2.44. The van der Waals surface area contributed by atoms with Crippen molar-refractivity contribution in [3.8, 4) is 0 Å². The van der Waals surface area contributed by atoms with Gasteiger partial charge in [-0.25, -0.2) is 4.98 Å². The van der Waals surface area contributed by atoms with Crippen molar-refractivity contribution in [2.45, 2.75) is 34.2 Å². The Bertz CT molecular complexity index is 294. The lowest BCUT2D eigenvalue weighted by Crippen LogP contribution is -2.30. The van der Waals surface area contributed by atoms with Crippen molar-refractivity contribution in [3.05, 3.63) is 18.2 Å². The first kappa shape index (κ1) is 13.2. The summed E-state index contributed by atoms with van der Waals surface area (Å²) in [5.74, 6) is 3.30. The number of aromatic nitrogens is 2. The van der Waals surface area contributed by atoms with E-state index in [0.29, 0.717) is 0 Å². The lowest BCUT2D eigenvalue weighted by molar-refractivity contribution is 0.274. The van der Waals surface area contributed by atoms with Crippen LogP contribution < -0.4 is 5.32 Å². The van der Waals surface area contributed by atoms with Gasteiger partial charge in [0.1, 0.15) is 5.82 Å². The zero-order valence-corrected chi connectivity index (χ0v) is 11.2. The molecule has 1 N–H and O–H groups in total. The van der Waals surface area contributed by atoms with E-state index in [4.69, 9.17) is 0 Å². The fourth-order valence-electron chi connectivity index (χ4n) is 2.16. The molecule has 92 valence electrons. The molecule has 3 nitrogen and oxygen atoms in total. The Balaban J connectivity index is 2.37. The summed E-state index contributed by atoms with van der Waals surface area (Å²) in [6, 6.07) is 0. The highest BCUT2D eigenvalue weighted by molar-refractivity contribution is 4.90. The van der Waals surface area contributed by atoms with Crippen molar-refractivity contribution in [2.75, 3.05) is 6.54 Å². The van der Waals surface area contributed by atoms with Crippen molar-refractivity contribution < 1.29 is 0 Å². The molecule has 0 aliphatic heterocycles. The summed E-state index contributed by atoms with van der Waals surface area (Å²) in [5.41, 5.74) is 0. The third-order valence-electron chi connectivity index (χ3n) is 3.30. The number of rotatable bonds is 6. The second-order valence-corrected chi connectivity index (χ2v) is 5.24. The second-order valence-electron chi connectivity index (χ2n) is 5.24. The van der Waals surface area contributed by atoms with Crippen LogP contribution in [0.25, 0.3) is 0 Å². The first-order chi connectivity index (χ1) is 7.52. The summed E-state index contributed by atoms with van der Waals surface area (Å²) < 4.78 is 2.06. The van der Waals surface area contributed by atoms with Gasteiger partial charge in [0.25, 0.3) is 0 Å². The monoisotopic (exact) mass is 223 g/mol. The maximum atomic E-state index is 4.30. The molecule has 0 bridgehead atoms. The molecule has 16 heavy (non-hydrogen) atoms. The summed E-state index contributed by atoms with van der Waals surface area (Å²) in [6.07, 6.45) is 3.83. The van der Waals surface area contributed by atoms with Gasteiger partial charge >= 0.3 is 0 Å². The Kier molecular flexibility index (Phi) is 5.00. The van der Waals surface area contributed by atoms with Gasteiger partial charge in [-0.2, -0.15) is 0 Å². The number of nitrogens with zero attached hydrogens (tertiary/aromatic N) is 2. The summed E-state index contributed by atoms with van der Waals surface area (Å²) >= 11 is 0. The molecule has 0 aliphatic rings. The molecule has 0 radical (unpaired) electrons. The lowest BCUT2D eigenvalue weighted by Gasteiger charge is -2.25. The van der Waals surface area contributed by atoms with E-state index in [-0.39, 0.29) is 0 Å². The molecule has 0 amide bonds. The molecule has 1 aromatic rings. The molecule has 0 saturated heterocycles. The zero-order valence-electron chi connectivity index (χ0n) is 11.2. The molecule has 3 heteroatoms. The number of hydrogen-bond acceptors (Lipinski definition) is 2. The summed E-state index contributed by atoms with van der Waals surface area (Å²) in [5, 5.41) is 3.51. The zero-order chi connectivity index (χ0) is 12.1. The van der Waals surface area contributed by atoms with Gasteiger partial charge in [-0.15, -0.1) is 0 Å². The fraction of sp³-hybridized carbons (Fsp3) is 0.769. The maximum Gasteiger partial charge on any atom is 0.122 e. The highest BCUT2D eigenvalue weighted by Crippen LogP contribution is 2.19. The minimum Gasteiger partial charge on any atom is -0.337 e. The van der Waals surface area contributed by atoms with Gasteiger partial charge in [0.15, 0.2) is 0 Å². The van der Waals surface area contributed by atoms with Crippen molar-refractivity contribution in [1.82, 2.24) is 14.9 Å². The highest BCUT2D eigenvalue weighted by Gasteiger charge is 2.16. The maximum absolute atomic E-state index is 4.30. The van der Waals surface area contributed by atoms with Crippen LogP contribution in [0, 0.1) is 17.8 Å². The van der Waals surface area contributed by atoms with E-state index in [9.17, 15) is 0 Å². The Morgan fingerprint density at radius 3 is 2.31 bits per heavy atom. The van der Waals surface area contributed by atoms with Crippen LogP contribution >= 0.6 is 0 Å². The number of aryl methyl sites for hydroxylation is 1. The molecule has 0 aromatic carbocycles. The predicted molar refractivity (Wildman–Crippen MR) is 68.1 cm³/mol. The minimum absolute atomic E-state index is 0.730. The average Bonchev–Trinajstić information content (AvgIpc) is 2.57. The number of imidazole rings is 1. The summed E-state index contributed by atoms with van der Waals surface area (Å²) in [4.78, 5) is 4.30. The van der Waals surface area contributed by atoms with Crippen molar-refractivity contribution in [2.24, 2.45) is 24.8 Å². The Morgan fingerprint density at radius 1 is 1.25 bits per heavy atom. The SMILES string of the molecule is CC(C)C(CNCc1nccn1C)C(C)C. The first-order valence-electron chi connectivity index (χ1n) is 6.19. The van der Waals surface area contributed by atoms with Crippen LogP contribution in [-0.2, 0) is 13.6 Å². The van der Waals surface area contributed by atoms with Crippen LogP contribution in [-0.4, -0.2) is 16.1 Å². The van der Waals surface area contributed by atoms with Crippen LogP contribution in [0.1, 0.15) is 33.5 Å². The quantitative estimate of drug-likeness (QED) is 0.803. The Labute approximate surface area is 99.3 Å². The molecule has 0 aliphatic carbocycles. The van der Waals surface area contributed by atoms with Crippen LogP contribution in [0.5, 0.6) is 0 Å². The first-order valence-corrected chi connectivity index (χ1v) is 6.19. The average molecular weight is 223 g/mol. The second kappa shape index (κ2) is 6.04. The van der Waals surface area contributed by atoms with Gasteiger partial charge in [0.05, 0.1) is 6.54 Å². The van der Waals surface area contributed by atoms with Crippen LogP contribution in [0.3, 0.4) is 0 Å². The van der Waals surface area contributed by atoms with Crippen LogP contribution in [0.2, 0.25) is 0 Å². The summed E-state index contributed by atoms with van der Waals surface area (Å²) in [7, 11) is 2.03. The molecule has 0 atom stereocenters. The third-order valence-corrected chi connectivity index (χ3v) is 3.30. The molecule has 1 aromatic heterocycles. The van der Waals surface area contributed by atoms with Gasteiger partial charge in [0, 0.05) is 19.4 Å². The van der Waals surface area contributed by atoms with Crippen LogP contribution in [0.4, 0.5) is 0 Å². The molecular formula is C13H25N3. The Morgan fingerprint density at radius 2 is 1.88 bits per heavy atom. The topological polar surface area (TPSA) is 29.9 Å².